The molecule has 0 fully saturated rings. The molecule has 0 bridgehead atoms. The summed E-state index contributed by atoms with van der Waals surface area (Å²) in [5.41, 5.74) is 1.14. The molecule has 4 nitrogen and oxygen atoms in total. The number of ether oxygens (including phenoxy) is 3. The standard InChI is InChI=1S/C17H29NO3/c1-5-20-16-9-6-8-15(13-18-12-14(2)3)17(16)21-11-7-10-19-4/h6,8-9,14,18H,5,7,10-13H2,1-4H3. The zero-order chi connectivity index (χ0) is 15.5. The summed E-state index contributed by atoms with van der Waals surface area (Å²) < 4.78 is 16.7. The fourth-order valence-corrected chi connectivity index (χ4v) is 2.01. The summed E-state index contributed by atoms with van der Waals surface area (Å²) in [6.07, 6.45) is 0.871. The van der Waals surface area contributed by atoms with Crippen molar-refractivity contribution in [3.63, 3.8) is 0 Å². The Morgan fingerprint density at radius 3 is 2.62 bits per heavy atom. The zero-order valence-electron chi connectivity index (χ0n) is 13.8. The second-order valence-corrected chi connectivity index (χ2v) is 5.40. The van der Waals surface area contributed by atoms with Crippen molar-refractivity contribution < 1.29 is 14.2 Å². The molecule has 0 saturated heterocycles. The first-order chi connectivity index (χ1) is 10.2. The van der Waals surface area contributed by atoms with Crippen molar-refractivity contribution in [2.45, 2.75) is 33.7 Å². The van der Waals surface area contributed by atoms with Crippen molar-refractivity contribution >= 4 is 0 Å². The molecule has 1 aromatic rings. The Morgan fingerprint density at radius 1 is 1.14 bits per heavy atom. The molecule has 4 heteroatoms. The molecule has 0 amide bonds. The van der Waals surface area contributed by atoms with Crippen LogP contribution in [0.1, 0.15) is 32.8 Å². The van der Waals surface area contributed by atoms with Crippen LogP contribution < -0.4 is 14.8 Å². The van der Waals surface area contributed by atoms with Crippen LogP contribution in [0.5, 0.6) is 11.5 Å². The summed E-state index contributed by atoms with van der Waals surface area (Å²) in [4.78, 5) is 0. The van der Waals surface area contributed by atoms with Crippen molar-refractivity contribution in [2.24, 2.45) is 5.92 Å². The monoisotopic (exact) mass is 295 g/mol. The maximum Gasteiger partial charge on any atom is 0.165 e. The van der Waals surface area contributed by atoms with Crippen LogP contribution in [0, 0.1) is 5.92 Å². The molecule has 0 aromatic heterocycles. The van der Waals surface area contributed by atoms with Gasteiger partial charge in [-0.2, -0.15) is 0 Å². The van der Waals surface area contributed by atoms with Gasteiger partial charge in [0.1, 0.15) is 0 Å². The van der Waals surface area contributed by atoms with Gasteiger partial charge in [-0.15, -0.1) is 0 Å². The number of hydrogen-bond donors (Lipinski definition) is 1. The van der Waals surface area contributed by atoms with Gasteiger partial charge in [0.05, 0.1) is 13.2 Å². The molecule has 1 aromatic carbocycles. The van der Waals surface area contributed by atoms with Crippen molar-refractivity contribution in [2.75, 3.05) is 33.5 Å². The first kappa shape index (κ1) is 17.8. The van der Waals surface area contributed by atoms with Crippen molar-refractivity contribution in [1.82, 2.24) is 5.32 Å². The summed E-state index contributed by atoms with van der Waals surface area (Å²) in [6.45, 7) is 10.1. The minimum Gasteiger partial charge on any atom is -0.490 e. The van der Waals surface area contributed by atoms with E-state index in [1.165, 1.54) is 0 Å². The lowest BCUT2D eigenvalue weighted by molar-refractivity contribution is 0.169. The van der Waals surface area contributed by atoms with Crippen LogP contribution in [0.4, 0.5) is 0 Å². The molecule has 0 spiro atoms. The molecular formula is C17H29NO3. The Balaban J connectivity index is 2.71. The Kier molecular flexibility index (Phi) is 8.87. The predicted molar refractivity (Wildman–Crippen MR) is 86.1 cm³/mol. The normalized spacial score (nSPS) is 10.9. The van der Waals surface area contributed by atoms with E-state index in [9.17, 15) is 0 Å². The minimum absolute atomic E-state index is 0.631. The Bertz CT molecular complexity index is 394. The van der Waals surface area contributed by atoms with E-state index in [0.29, 0.717) is 25.7 Å². The van der Waals surface area contributed by atoms with E-state index in [2.05, 4.69) is 25.2 Å². The van der Waals surface area contributed by atoms with E-state index in [1.807, 2.05) is 19.1 Å². The van der Waals surface area contributed by atoms with Crippen LogP contribution in [0.2, 0.25) is 0 Å². The quantitative estimate of drug-likeness (QED) is 0.636. The van der Waals surface area contributed by atoms with E-state index in [4.69, 9.17) is 14.2 Å². The fourth-order valence-electron chi connectivity index (χ4n) is 2.01. The molecular weight excluding hydrogens is 266 g/mol. The van der Waals surface area contributed by atoms with Gasteiger partial charge in [0.25, 0.3) is 0 Å². The van der Waals surface area contributed by atoms with E-state index in [0.717, 1.165) is 36.6 Å². The molecule has 0 aliphatic heterocycles. The lowest BCUT2D eigenvalue weighted by atomic mass is 10.1. The summed E-state index contributed by atoms with van der Waals surface area (Å²) >= 11 is 0. The summed E-state index contributed by atoms with van der Waals surface area (Å²) in [7, 11) is 1.70. The molecule has 21 heavy (non-hydrogen) atoms. The topological polar surface area (TPSA) is 39.7 Å². The van der Waals surface area contributed by atoms with Crippen molar-refractivity contribution in [1.29, 1.82) is 0 Å². The third-order valence-corrected chi connectivity index (χ3v) is 2.97. The third-order valence-electron chi connectivity index (χ3n) is 2.97. The highest BCUT2D eigenvalue weighted by molar-refractivity contribution is 5.46. The smallest absolute Gasteiger partial charge is 0.165 e. The molecule has 0 atom stereocenters. The average molecular weight is 295 g/mol. The lowest BCUT2D eigenvalue weighted by Crippen LogP contribution is -2.19. The first-order valence-corrected chi connectivity index (χ1v) is 7.76. The highest BCUT2D eigenvalue weighted by atomic mass is 16.5. The second kappa shape index (κ2) is 10.5. The largest absolute Gasteiger partial charge is 0.490 e. The number of methoxy groups -OCH3 is 1. The second-order valence-electron chi connectivity index (χ2n) is 5.40. The Morgan fingerprint density at radius 2 is 1.95 bits per heavy atom. The lowest BCUT2D eigenvalue weighted by Gasteiger charge is -2.17. The highest BCUT2D eigenvalue weighted by Crippen LogP contribution is 2.31. The van der Waals surface area contributed by atoms with E-state index in [1.54, 1.807) is 7.11 Å². The van der Waals surface area contributed by atoms with E-state index in [-0.39, 0.29) is 0 Å². The van der Waals surface area contributed by atoms with Gasteiger partial charge in [-0.05, 0) is 25.5 Å². The molecule has 1 N–H and O–H groups in total. The van der Waals surface area contributed by atoms with Gasteiger partial charge in [0.15, 0.2) is 11.5 Å². The van der Waals surface area contributed by atoms with Crippen LogP contribution in [-0.2, 0) is 11.3 Å². The van der Waals surface area contributed by atoms with E-state index >= 15 is 0 Å². The van der Waals surface area contributed by atoms with Gasteiger partial charge in [-0.25, -0.2) is 0 Å². The number of para-hydroxylation sites is 1. The molecule has 0 heterocycles. The average Bonchev–Trinajstić information content (AvgIpc) is 2.45. The van der Waals surface area contributed by atoms with Crippen LogP contribution in [0.3, 0.4) is 0 Å². The van der Waals surface area contributed by atoms with Crippen LogP contribution in [-0.4, -0.2) is 33.5 Å². The fraction of sp³-hybridized carbons (Fsp3) is 0.647. The third kappa shape index (κ3) is 6.82. The molecule has 0 aliphatic rings. The van der Waals surface area contributed by atoms with Gasteiger partial charge in [-0.1, -0.05) is 26.0 Å². The Labute approximate surface area is 128 Å². The SMILES string of the molecule is CCOc1cccc(CNCC(C)C)c1OCCCOC. The highest BCUT2D eigenvalue weighted by Gasteiger charge is 2.11. The Hall–Kier alpha value is -1.26. The summed E-state index contributed by atoms with van der Waals surface area (Å²) in [6, 6.07) is 6.06. The molecule has 0 saturated carbocycles. The van der Waals surface area contributed by atoms with Crippen LogP contribution in [0.15, 0.2) is 18.2 Å². The molecule has 120 valence electrons. The number of benzene rings is 1. The molecule has 0 aliphatic carbocycles. The number of rotatable bonds is 11. The van der Waals surface area contributed by atoms with Crippen LogP contribution >= 0.6 is 0 Å². The summed E-state index contributed by atoms with van der Waals surface area (Å²) in [5.74, 6) is 2.30. The van der Waals surface area contributed by atoms with Gasteiger partial charge < -0.3 is 19.5 Å². The number of hydrogen-bond acceptors (Lipinski definition) is 4. The molecule has 0 radical (unpaired) electrons. The van der Waals surface area contributed by atoms with E-state index < -0.39 is 0 Å². The molecule has 1 rings (SSSR count). The molecule has 0 unspecified atom stereocenters. The maximum absolute atomic E-state index is 5.94. The predicted octanol–water partition coefficient (Wildman–Crippen LogP) is 3.25. The first-order valence-electron chi connectivity index (χ1n) is 7.76. The zero-order valence-corrected chi connectivity index (χ0v) is 13.8. The van der Waals surface area contributed by atoms with Crippen molar-refractivity contribution in [3.05, 3.63) is 23.8 Å². The van der Waals surface area contributed by atoms with Gasteiger partial charge in [-0.3, -0.25) is 0 Å². The van der Waals surface area contributed by atoms with Crippen molar-refractivity contribution in [3.8, 4) is 11.5 Å². The van der Waals surface area contributed by atoms with Gasteiger partial charge in [0, 0.05) is 32.2 Å². The maximum atomic E-state index is 5.94. The van der Waals surface area contributed by atoms with Crippen LogP contribution in [0.25, 0.3) is 0 Å². The number of nitrogens with one attached hydrogen (secondary N) is 1. The van der Waals surface area contributed by atoms with Gasteiger partial charge in [0.2, 0.25) is 0 Å². The van der Waals surface area contributed by atoms with Gasteiger partial charge >= 0.3 is 0 Å². The summed E-state index contributed by atoms with van der Waals surface area (Å²) in [5, 5.41) is 3.45. The minimum atomic E-state index is 0.631.